The van der Waals surface area contributed by atoms with E-state index in [0.29, 0.717) is 6.54 Å². The molecule has 2 rings (SSSR count). The van der Waals surface area contributed by atoms with Crippen molar-refractivity contribution in [3.8, 4) is 0 Å². The van der Waals surface area contributed by atoms with Gasteiger partial charge in [-0.15, -0.1) is 0 Å². The average Bonchev–Trinajstić information content (AvgIpc) is 2.51. The summed E-state index contributed by atoms with van der Waals surface area (Å²) in [7, 11) is 0. The van der Waals surface area contributed by atoms with E-state index in [4.69, 9.17) is 4.74 Å². The van der Waals surface area contributed by atoms with Crippen LogP contribution in [0, 0.1) is 6.92 Å². The first kappa shape index (κ1) is 15.8. The third-order valence-corrected chi connectivity index (χ3v) is 3.81. The first-order chi connectivity index (χ1) is 10.2. The molecule has 4 heteroatoms. The molecule has 0 bridgehead atoms. The minimum absolute atomic E-state index is 0.0104. The lowest BCUT2D eigenvalue weighted by atomic mass is 10.1. The second-order valence-corrected chi connectivity index (χ2v) is 5.66. The van der Waals surface area contributed by atoms with E-state index in [2.05, 4.69) is 17.6 Å². The van der Waals surface area contributed by atoms with Crippen molar-refractivity contribution in [2.45, 2.75) is 45.6 Å². The molecule has 0 saturated carbocycles. The molecule has 1 aliphatic rings. The number of anilines is 1. The molecular weight excluding hydrogens is 264 g/mol. The van der Waals surface area contributed by atoms with Gasteiger partial charge in [0.1, 0.15) is 0 Å². The molecule has 0 radical (unpaired) electrons. The van der Waals surface area contributed by atoms with Crippen LogP contribution in [0.15, 0.2) is 18.2 Å². The van der Waals surface area contributed by atoms with Gasteiger partial charge < -0.3 is 15.4 Å². The van der Waals surface area contributed by atoms with Crippen LogP contribution in [-0.4, -0.2) is 31.7 Å². The number of hydrogen-bond acceptors (Lipinski definition) is 3. The standard InChI is InChI=1S/C17H26N2O2/c1-3-9-18-14-7-8-16(13(2)11-14)17(20)19-12-15-6-4-5-10-21-15/h7-8,11,15,18H,3-6,9-10,12H2,1-2H3,(H,19,20). The van der Waals surface area contributed by atoms with Gasteiger partial charge in [-0.2, -0.15) is 0 Å². The zero-order valence-electron chi connectivity index (χ0n) is 13.1. The lowest BCUT2D eigenvalue weighted by molar-refractivity contribution is 0.0169. The van der Waals surface area contributed by atoms with Gasteiger partial charge in [0.25, 0.3) is 5.91 Å². The molecule has 1 atom stereocenters. The lowest BCUT2D eigenvalue weighted by Crippen LogP contribution is -2.35. The number of aryl methyl sites for hydroxylation is 1. The van der Waals surface area contributed by atoms with Gasteiger partial charge in [-0.25, -0.2) is 0 Å². The van der Waals surface area contributed by atoms with Crippen molar-refractivity contribution in [3.05, 3.63) is 29.3 Å². The molecule has 1 aliphatic heterocycles. The minimum atomic E-state index is -0.0104. The fourth-order valence-corrected chi connectivity index (χ4v) is 2.57. The molecular formula is C17H26N2O2. The Hall–Kier alpha value is -1.55. The number of carbonyl (C=O) groups is 1. The second kappa shape index (κ2) is 8.03. The maximum atomic E-state index is 12.2. The van der Waals surface area contributed by atoms with E-state index in [-0.39, 0.29) is 12.0 Å². The first-order valence-corrected chi connectivity index (χ1v) is 7.95. The number of amides is 1. The highest BCUT2D eigenvalue weighted by molar-refractivity contribution is 5.96. The quantitative estimate of drug-likeness (QED) is 0.846. The zero-order chi connectivity index (χ0) is 15.1. The van der Waals surface area contributed by atoms with Gasteiger partial charge in [0, 0.05) is 30.9 Å². The van der Waals surface area contributed by atoms with Crippen LogP contribution in [0.2, 0.25) is 0 Å². The summed E-state index contributed by atoms with van der Waals surface area (Å²) in [6.45, 7) is 6.48. The normalized spacial score (nSPS) is 18.3. The van der Waals surface area contributed by atoms with Gasteiger partial charge in [-0.05, 0) is 56.4 Å². The minimum Gasteiger partial charge on any atom is -0.385 e. The SMILES string of the molecule is CCCNc1ccc(C(=O)NCC2CCCCO2)c(C)c1. The van der Waals surface area contributed by atoms with Crippen molar-refractivity contribution in [1.82, 2.24) is 5.32 Å². The summed E-state index contributed by atoms with van der Waals surface area (Å²) in [5.74, 6) is -0.0104. The largest absolute Gasteiger partial charge is 0.385 e. The monoisotopic (exact) mass is 290 g/mol. The summed E-state index contributed by atoms with van der Waals surface area (Å²) in [6, 6.07) is 5.89. The third kappa shape index (κ3) is 4.74. The molecule has 0 aromatic heterocycles. The number of carbonyl (C=O) groups excluding carboxylic acids is 1. The topological polar surface area (TPSA) is 50.4 Å². The van der Waals surface area contributed by atoms with Crippen molar-refractivity contribution >= 4 is 11.6 Å². The van der Waals surface area contributed by atoms with Gasteiger partial charge in [-0.3, -0.25) is 4.79 Å². The van der Waals surface area contributed by atoms with Gasteiger partial charge in [0.05, 0.1) is 6.10 Å². The highest BCUT2D eigenvalue weighted by atomic mass is 16.5. The van der Waals surface area contributed by atoms with Gasteiger partial charge in [-0.1, -0.05) is 6.92 Å². The molecule has 1 unspecified atom stereocenters. The number of hydrogen-bond donors (Lipinski definition) is 2. The van der Waals surface area contributed by atoms with Gasteiger partial charge in [0.2, 0.25) is 0 Å². The van der Waals surface area contributed by atoms with Gasteiger partial charge >= 0.3 is 0 Å². The fraction of sp³-hybridized carbons (Fsp3) is 0.588. The summed E-state index contributed by atoms with van der Waals surface area (Å²) in [5, 5.41) is 6.32. The Morgan fingerprint density at radius 1 is 1.38 bits per heavy atom. The maximum Gasteiger partial charge on any atom is 0.251 e. The number of ether oxygens (including phenoxy) is 1. The van der Waals surface area contributed by atoms with E-state index in [9.17, 15) is 4.79 Å². The van der Waals surface area contributed by atoms with E-state index in [0.717, 1.165) is 49.2 Å². The molecule has 1 amide bonds. The third-order valence-electron chi connectivity index (χ3n) is 3.81. The Morgan fingerprint density at radius 3 is 2.90 bits per heavy atom. The van der Waals surface area contributed by atoms with Crippen LogP contribution >= 0.6 is 0 Å². The van der Waals surface area contributed by atoms with Crippen LogP contribution in [0.25, 0.3) is 0 Å². The van der Waals surface area contributed by atoms with Crippen molar-refractivity contribution in [1.29, 1.82) is 0 Å². The molecule has 4 nitrogen and oxygen atoms in total. The van der Waals surface area contributed by atoms with Crippen LogP contribution in [-0.2, 0) is 4.74 Å². The highest BCUT2D eigenvalue weighted by Crippen LogP contribution is 2.16. The average molecular weight is 290 g/mol. The van der Waals surface area contributed by atoms with E-state index >= 15 is 0 Å². The summed E-state index contributed by atoms with van der Waals surface area (Å²) in [5.41, 5.74) is 2.81. The van der Waals surface area contributed by atoms with E-state index in [1.807, 2.05) is 25.1 Å². The smallest absolute Gasteiger partial charge is 0.251 e. The predicted octanol–water partition coefficient (Wildman–Crippen LogP) is 3.12. The van der Waals surface area contributed by atoms with Gasteiger partial charge in [0.15, 0.2) is 0 Å². The molecule has 0 aliphatic carbocycles. The van der Waals surface area contributed by atoms with Crippen LogP contribution in [0.5, 0.6) is 0 Å². The lowest BCUT2D eigenvalue weighted by Gasteiger charge is -2.22. The van der Waals surface area contributed by atoms with Crippen LogP contribution < -0.4 is 10.6 Å². The molecule has 2 N–H and O–H groups in total. The number of benzene rings is 1. The Bertz CT molecular complexity index is 468. The van der Waals surface area contributed by atoms with E-state index in [1.165, 1.54) is 6.42 Å². The Balaban J connectivity index is 1.89. The summed E-state index contributed by atoms with van der Waals surface area (Å²) >= 11 is 0. The molecule has 0 spiro atoms. The summed E-state index contributed by atoms with van der Waals surface area (Å²) < 4.78 is 5.63. The Kier molecular flexibility index (Phi) is 6.05. The first-order valence-electron chi connectivity index (χ1n) is 7.95. The highest BCUT2D eigenvalue weighted by Gasteiger charge is 2.16. The molecule has 21 heavy (non-hydrogen) atoms. The van der Waals surface area contributed by atoms with Crippen molar-refractivity contribution < 1.29 is 9.53 Å². The number of rotatable bonds is 6. The maximum absolute atomic E-state index is 12.2. The molecule has 1 aromatic rings. The molecule has 1 heterocycles. The molecule has 1 fully saturated rings. The number of nitrogens with one attached hydrogen (secondary N) is 2. The summed E-state index contributed by atoms with van der Waals surface area (Å²) in [6.07, 6.45) is 4.63. The van der Waals surface area contributed by atoms with E-state index < -0.39 is 0 Å². The van der Waals surface area contributed by atoms with Crippen LogP contribution in [0.3, 0.4) is 0 Å². The van der Waals surface area contributed by atoms with E-state index in [1.54, 1.807) is 0 Å². The zero-order valence-corrected chi connectivity index (χ0v) is 13.1. The second-order valence-electron chi connectivity index (χ2n) is 5.66. The Morgan fingerprint density at radius 2 is 2.24 bits per heavy atom. The molecule has 116 valence electrons. The van der Waals surface area contributed by atoms with Crippen LogP contribution in [0.4, 0.5) is 5.69 Å². The summed E-state index contributed by atoms with van der Waals surface area (Å²) in [4.78, 5) is 12.2. The van der Waals surface area contributed by atoms with Crippen molar-refractivity contribution in [3.63, 3.8) is 0 Å². The fourth-order valence-electron chi connectivity index (χ4n) is 2.57. The molecule has 1 saturated heterocycles. The van der Waals surface area contributed by atoms with Crippen LogP contribution in [0.1, 0.15) is 48.5 Å². The molecule has 1 aromatic carbocycles. The predicted molar refractivity (Wildman–Crippen MR) is 85.9 cm³/mol. The Labute approximate surface area is 127 Å². The van der Waals surface area contributed by atoms with Crippen molar-refractivity contribution in [2.24, 2.45) is 0 Å². The van der Waals surface area contributed by atoms with Crippen molar-refractivity contribution in [2.75, 3.05) is 25.0 Å².